The summed E-state index contributed by atoms with van der Waals surface area (Å²) >= 11 is 1.63. The minimum atomic E-state index is 0.237. The second kappa shape index (κ2) is 6.90. The molecule has 3 aromatic rings. The molecule has 130 valence electrons. The van der Waals surface area contributed by atoms with Gasteiger partial charge in [-0.05, 0) is 36.4 Å². The number of oxazole rings is 1. The molecule has 1 aliphatic rings. The predicted octanol–water partition coefficient (Wildman–Crippen LogP) is 3.81. The Bertz CT molecular complexity index is 858. The van der Waals surface area contributed by atoms with E-state index in [1.165, 1.54) is 5.56 Å². The van der Waals surface area contributed by atoms with Crippen LogP contribution in [0.15, 0.2) is 40.1 Å². The quantitative estimate of drug-likeness (QED) is 0.753. The van der Waals surface area contributed by atoms with E-state index in [9.17, 15) is 0 Å². The van der Waals surface area contributed by atoms with Gasteiger partial charge in [-0.25, -0.2) is 4.98 Å². The van der Waals surface area contributed by atoms with Gasteiger partial charge in [0.15, 0.2) is 11.5 Å². The molecule has 1 N–H and O–H groups in total. The smallest absolute Gasteiger partial charge is 0.236 e. The molecule has 0 spiro atoms. The topological polar surface area (TPSA) is 56.5 Å². The van der Waals surface area contributed by atoms with E-state index in [0.29, 0.717) is 19.0 Å². The summed E-state index contributed by atoms with van der Waals surface area (Å²) in [4.78, 5) is 5.68. The summed E-state index contributed by atoms with van der Waals surface area (Å²) in [6.45, 7) is 3.23. The fourth-order valence-corrected chi connectivity index (χ4v) is 3.67. The Labute approximate surface area is 150 Å². The zero-order valence-corrected chi connectivity index (χ0v) is 15.1. The second-order valence-corrected chi connectivity index (χ2v) is 6.99. The molecule has 5 nitrogen and oxygen atoms in total. The fourth-order valence-electron chi connectivity index (χ4n) is 3.02. The Morgan fingerprint density at radius 2 is 2.24 bits per heavy atom. The molecular weight excluding hydrogens is 336 g/mol. The van der Waals surface area contributed by atoms with Crippen molar-refractivity contribution in [2.45, 2.75) is 25.9 Å². The molecule has 3 heterocycles. The third-order valence-electron chi connectivity index (χ3n) is 4.36. The van der Waals surface area contributed by atoms with E-state index in [4.69, 9.17) is 13.9 Å². The maximum absolute atomic E-state index is 5.91. The summed E-state index contributed by atoms with van der Waals surface area (Å²) < 4.78 is 17.1. The number of para-hydroxylation sites is 1. The normalized spacial score (nSPS) is 16.3. The van der Waals surface area contributed by atoms with Crippen LogP contribution in [0.1, 0.15) is 17.0 Å². The monoisotopic (exact) mass is 356 g/mol. The second-order valence-electron chi connectivity index (χ2n) is 6.04. The summed E-state index contributed by atoms with van der Waals surface area (Å²) in [6, 6.07) is 10.3. The molecule has 0 saturated carbocycles. The number of ether oxygens (including phenoxy) is 2. The molecule has 1 aromatic carbocycles. The van der Waals surface area contributed by atoms with Crippen molar-refractivity contribution in [1.29, 1.82) is 0 Å². The molecular formula is C19H20N2O3S. The maximum atomic E-state index is 5.91. The van der Waals surface area contributed by atoms with Crippen LogP contribution in [-0.2, 0) is 13.0 Å². The Morgan fingerprint density at radius 1 is 1.32 bits per heavy atom. The minimum Gasteiger partial charge on any atom is -0.493 e. The molecule has 6 heteroatoms. The number of hydrogen-bond donors (Lipinski definition) is 1. The highest BCUT2D eigenvalue weighted by molar-refractivity contribution is 7.13. The van der Waals surface area contributed by atoms with Crippen molar-refractivity contribution >= 4 is 11.3 Å². The van der Waals surface area contributed by atoms with Gasteiger partial charge < -0.3 is 19.2 Å². The zero-order chi connectivity index (χ0) is 17.2. The van der Waals surface area contributed by atoms with Gasteiger partial charge >= 0.3 is 0 Å². The van der Waals surface area contributed by atoms with Crippen LogP contribution >= 0.6 is 11.3 Å². The molecule has 0 saturated heterocycles. The van der Waals surface area contributed by atoms with E-state index in [-0.39, 0.29) is 6.04 Å². The van der Waals surface area contributed by atoms with Crippen molar-refractivity contribution in [3.8, 4) is 22.3 Å². The standard InChI is InChI=1S/C19H20N2O3S/c1-12-15(21-19(24-12)17-7-4-8-25-17)10-20-14-9-13-5-3-6-16(22-2)18(13)23-11-14/h3-8,14,20H,9-11H2,1-2H3. The molecule has 1 aliphatic heterocycles. The molecule has 2 aromatic heterocycles. The molecule has 0 amide bonds. The van der Waals surface area contributed by atoms with E-state index in [2.05, 4.69) is 16.4 Å². The van der Waals surface area contributed by atoms with Crippen LogP contribution in [0.4, 0.5) is 0 Å². The number of methoxy groups -OCH3 is 1. The molecule has 0 radical (unpaired) electrons. The van der Waals surface area contributed by atoms with Crippen LogP contribution in [-0.4, -0.2) is 24.7 Å². The average molecular weight is 356 g/mol. The molecule has 25 heavy (non-hydrogen) atoms. The Hall–Kier alpha value is -2.31. The van der Waals surface area contributed by atoms with Gasteiger partial charge in [-0.1, -0.05) is 18.2 Å². The predicted molar refractivity (Wildman–Crippen MR) is 97.4 cm³/mol. The van der Waals surface area contributed by atoms with Crippen molar-refractivity contribution in [3.05, 3.63) is 52.7 Å². The van der Waals surface area contributed by atoms with Crippen LogP contribution in [0.25, 0.3) is 10.8 Å². The number of rotatable bonds is 5. The third kappa shape index (κ3) is 3.27. The number of thiophene rings is 1. The van der Waals surface area contributed by atoms with E-state index in [1.54, 1.807) is 18.4 Å². The zero-order valence-electron chi connectivity index (χ0n) is 14.2. The molecule has 1 unspecified atom stereocenters. The van der Waals surface area contributed by atoms with Gasteiger partial charge in [0.25, 0.3) is 0 Å². The Kier molecular flexibility index (Phi) is 4.46. The molecule has 0 aliphatic carbocycles. The van der Waals surface area contributed by atoms with Crippen molar-refractivity contribution < 1.29 is 13.9 Å². The van der Waals surface area contributed by atoms with E-state index >= 15 is 0 Å². The van der Waals surface area contributed by atoms with Crippen molar-refractivity contribution in [2.24, 2.45) is 0 Å². The first kappa shape index (κ1) is 16.2. The van der Waals surface area contributed by atoms with Crippen molar-refractivity contribution in [3.63, 3.8) is 0 Å². The summed E-state index contributed by atoms with van der Waals surface area (Å²) in [5.41, 5.74) is 2.11. The molecule has 1 atom stereocenters. The van der Waals surface area contributed by atoms with Gasteiger partial charge in [-0.15, -0.1) is 11.3 Å². The first-order chi connectivity index (χ1) is 12.2. The van der Waals surface area contributed by atoms with Gasteiger partial charge in [-0.2, -0.15) is 0 Å². The summed E-state index contributed by atoms with van der Waals surface area (Å²) in [7, 11) is 1.67. The number of nitrogens with zero attached hydrogens (tertiary/aromatic N) is 1. The van der Waals surface area contributed by atoms with Crippen LogP contribution in [0.2, 0.25) is 0 Å². The first-order valence-electron chi connectivity index (χ1n) is 8.27. The fraction of sp³-hybridized carbons (Fsp3) is 0.316. The lowest BCUT2D eigenvalue weighted by molar-refractivity contribution is 0.226. The number of aromatic nitrogens is 1. The van der Waals surface area contributed by atoms with Gasteiger partial charge in [-0.3, -0.25) is 0 Å². The average Bonchev–Trinajstić information content (AvgIpc) is 3.29. The molecule has 0 bridgehead atoms. The summed E-state index contributed by atoms with van der Waals surface area (Å²) in [5.74, 6) is 3.21. The lowest BCUT2D eigenvalue weighted by Crippen LogP contribution is -2.39. The van der Waals surface area contributed by atoms with E-state index in [0.717, 1.165) is 34.3 Å². The minimum absolute atomic E-state index is 0.237. The largest absolute Gasteiger partial charge is 0.493 e. The van der Waals surface area contributed by atoms with E-state index in [1.807, 2.05) is 36.6 Å². The van der Waals surface area contributed by atoms with Gasteiger partial charge in [0.05, 0.1) is 17.7 Å². The lowest BCUT2D eigenvalue weighted by Gasteiger charge is -2.27. The van der Waals surface area contributed by atoms with Gasteiger partial charge in [0.2, 0.25) is 5.89 Å². The molecule has 0 fully saturated rings. The van der Waals surface area contributed by atoms with Gasteiger partial charge in [0, 0.05) is 12.6 Å². The Morgan fingerprint density at radius 3 is 3.04 bits per heavy atom. The van der Waals surface area contributed by atoms with Crippen molar-refractivity contribution in [2.75, 3.05) is 13.7 Å². The van der Waals surface area contributed by atoms with Crippen LogP contribution < -0.4 is 14.8 Å². The lowest BCUT2D eigenvalue weighted by atomic mass is 10.0. The summed E-state index contributed by atoms with van der Waals surface area (Å²) in [5, 5.41) is 5.56. The van der Waals surface area contributed by atoms with Crippen LogP contribution in [0.3, 0.4) is 0 Å². The number of benzene rings is 1. The highest BCUT2D eigenvalue weighted by Crippen LogP contribution is 2.34. The van der Waals surface area contributed by atoms with Crippen LogP contribution in [0, 0.1) is 6.92 Å². The number of nitrogens with one attached hydrogen (secondary N) is 1. The van der Waals surface area contributed by atoms with Gasteiger partial charge in [0.1, 0.15) is 12.4 Å². The maximum Gasteiger partial charge on any atom is 0.236 e. The third-order valence-corrected chi connectivity index (χ3v) is 5.22. The highest BCUT2D eigenvalue weighted by Gasteiger charge is 2.23. The van der Waals surface area contributed by atoms with Crippen LogP contribution in [0.5, 0.6) is 11.5 Å². The summed E-state index contributed by atoms with van der Waals surface area (Å²) in [6.07, 6.45) is 0.904. The first-order valence-corrected chi connectivity index (χ1v) is 9.15. The number of hydrogen-bond acceptors (Lipinski definition) is 6. The molecule has 4 rings (SSSR count). The van der Waals surface area contributed by atoms with E-state index < -0.39 is 0 Å². The Balaban J connectivity index is 1.42. The van der Waals surface area contributed by atoms with Crippen molar-refractivity contribution in [1.82, 2.24) is 10.3 Å². The number of fused-ring (bicyclic) bond motifs is 1. The number of aryl methyl sites for hydroxylation is 1. The SMILES string of the molecule is COc1cccc2c1OCC(NCc1nc(-c3cccs3)oc1C)C2. The highest BCUT2D eigenvalue weighted by atomic mass is 32.1.